The third-order valence-corrected chi connectivity index (χ3v) is 4.98. The van der Waals surface area contributed by atoms with E-state index in [1.54, 1.807) is 19.1 Å². The third-order valence-electron chi connectivity index (χ3n) is 3.59. The Kier molecular flexibility index (Phi) is 5.09. The average Bonchev–Trinajstić information content (AvgIpc) is 2.45. The summed E-state index contributed by atoms with van der Waals surface area (Å²) in [4.78, 5) is 14.1. The summed E-state index contributed by atoms with van der Waals surface area (Å²) in [6, 6.07) is 4.74. The highest BCUT2D eigenvalue weighted by molar-refractivity contribution is 7.90. The predicted molar refractivity (Wildman–Crippen MR) is 91.6 cm³/mol. The van der Waals surface area contributed by atoms with Crippen molar-refractivity contribution in [3.05, 3.63) is 23.8 Å². The van der Waals surface area contributed by atoms with E-state index < -0.39 is 10.0 Å². The molecule has 7 heteroatoms. The fraction of sp³-hybridized carbons (Fsp3) is 0.500. The molecule has 0 atom stereocenters. The molecule has 0 saturated carbocycles. The molecule has 1 aliphatic heterocycles. The second-order valence-corrected chi connectivity index (χ2v) is 7.50. The van der Waals surface area contributed by atoms with Crippen LogP contribution in [0.3, 0.4) is 0 Å². The number of carbonyl (C=O) groups is 1. The zero-order chi connectivity index (χ0) is 17.2. The van der Waals surface area contributed by atoms with Crippen LogP contribution in [0.15, 0.2) is 27.5 Å². The number of unbranched alkanes of at least 4 members (excludes halogenated alkanes) is 1. The Balaban J connectivity index is 2.47. The lowest BCUT2D eigenvalue weighted by Gasteiger charge is -2.29. The number of fused-ring (bicyclic) bond motifs is 1. The topological polar surface area (TPSA) is 78.8 Å². The lowest BCUT2D eigenvalue weighted by molar-refractivity contribution is 0.0943. The number of amidine groups is 1. The maximum atomic E-state index is 12.4. The largest absolute Gasteiger partial charge is 0.350 e. The smallest absolute Gasteiger partial charge is 0.286 e. The molecule has 0 saturated heterocycles. The van der Waals surface area contributed by atoms with Gasteiger partial charge in [0.1, 0.15) is 10.7 Å². The first-order chi connectivity index (χ1) is 10.8. The van der Waals surface area contributed by atoms with E-state index in [0.717, 1.165) is 12.8 Å². The zero-order valence-corrected chi connectivity index (χ0v) is 14.8. The number of rotatable bonds is 5. The van der Waals surface area contributed by atoms with Crippen LogP contribution in [0.5, 0.6) is 0 Å². The number of nitrogens with zero attached hydrogens (tertiary/aromatic N) is 2. The zero-order valence-electron chi connectivity index (χ0n) is 14.0. The summed E-state index contributed by atoms with van der Waals surface area (Å²) < 4.78 is 28.5. The van der Waals surface area contributed by atoms with E-state index in [4.69, 9.17) is 0 Å². The molecular formula is C16H23N3O3S. The maximum Gasteiger partial charge on any atom is 0.286 e. The van der Waals surface area contributed by atoms with E-state index in [-0.39, 0.29) is 16.8 Å². The molecule has 1 aromatic carbocycles. The number of hydrogen-bond acceptors (Lipinski definition) is 4. The molecule has 1 heterocycles. The van der Waals surface area contributed by atoms with Crippen molar-refractivity contribution in [1.82, 2.24) is 5.32 Å². The molecule has 1 amide bonds. The van der Waals surface area contributed by atoms with Crippen LogP contribution >= 0.6 is 0 Å². The number of benzene rings is 1. The molecule has 2 rings (SSSR count). The van der Waals surface area contributed by atoms with Crippen LogP contribution in [0.1, 0.15) is 50.9 Å². The molecule has 0 aromatic heterocycles. The van der Waals surface area contributed by atoms with Crippen LogP contribution in [0, 0.1) is 0 Å². The first-order valence-electron chi connectivity index (χ1n) is 7.80. The summed E-state index contributed by atoms with van der Waals surface area (Å²) >= 11 is 0. The van der Waals surface area contributed by atoms with Gasteiger partial charge in [-0.05, 0) is 45.4 Å². The minimum Gasteiger partial charge on any atom is -0.350 e. The number of anilines is 1. The van der Waals surface area contributed by atoms with Crippen molar-refractivity contribution in [1.29, 1.82) is 0 Å². The van der Waals surface area contributed by atoms with Gasteiger partial charge in [0.25, 0.3) is 15.9 Å². The first kappa shape index (κ1) is 17.5. The SMILES string of the molecule is CCCCN1C(C)=NS(=O)(=O)c2cc(C(=O)NC(C)C)ccc21. The average molecular weight is 337 g/mol. The van der Waals surface area contributed by atoms with E-state index in [9.17, 15) is 13.2 Å². The molecule has 1 aromatic rings. The minimum absolute atomic E-state index is 0.0172. The van der Waals surface area contributed by atoms with Crippen LogP contribution in [-0.4, -0.2) is 32.7 Å². The highest BCUT2D eigenvalue weighted by Gasteiger charge is 2.29. The van der Waals surface area contributed by atoms with E-state index >= 15 is 0 Å². The molecule has 0 radical (unpaired) electrons. The fourth-order valence-electron chi connectivity index (χ4n) is 2.48. The molecule has 126 valence electrons. The van der Waals surface area contributed by atoms with E-state index in [0.29, 0.717) is 23.6 Å². The molecule has 23 heavy (non-hydrogen) atoms. The second-order valence-electron chi connectivity index (χ2n) is 5.93. The highest BCUT2D eigenvalue weighted by Crippen LogP contribution is 2.32. The Morgan fingerprint density at radius 2 is 2.04 bits per heavy atom. The molecule has 1 aliphatic rings. The molecule has 0 spiro atoms. The lowest BCUT2D eigenvalue weighted by atomic mass is 10.1. The molecule has 6 nitrogen and oxygen atoms in total. The minimum atomic E-state index is -3.77. The monoisotopic (exact) mass is 337 g/mol. The normalized spacial score (nSPS) is 16.0. The molecule has 1 N–H and O–H groups in total. The van der Waals surface area contributed by atoms with Crippen LogP contribution in [-0.2, 0) is 10.0 Å². The molecule has 0 aliphatic carbocycles. The van der Waals surface area contributed by atoms with Gasteiger partial charge in [0.2, 0.25) is 0 Å². The lowest BCUT2D eigenvalue weighted by Crippen LogP contribution is -2.35. The maximum absolute atomic E-state index is 12.4. The van der Waals surface area contributed by atoms with E-state index in [1.165, 1.54) is 6.07 Å². The van der Waals surface area contributed by atoms with Gasteiger partial charge in [-0.15, -0.1) is 4.40 Å². The summed E-state index contributed by atoms with van der Waals surface area (Å²) in [5, 5.41) is 2.76. The summed E-state index contributed by atoms with van der Waals surface area (Å²) in [5.74, 6) is 0.176. The Labute approximate surface area is 137 Å². The van der Waals surface area contributed by atoms with E-state index in [1.807, 2.05) is 18.7 Å². The van der Waals surface area contributed by atoms with Crippen molar-refractivity contribution in [2.45, 2.75) is 51.5 Å². The second kappa shape index (κ2) is 6.70. The van der Waals surface area contributed by atoms with Crippen molar-refractivity contribution in [2.75, 3.05) is 11.4 Å². The quantitative estimate of drug-likeness (QED) is 0.895. The molecule has 0 fully saturated rings. The van der Waals surface area contributed by atoms with Crippen molar-refractivity contribution in [2.24, 2.45) is 4.40 Å². The number of nitrogens with one attached hydrogen (secondary N) is 1. The van der Waals surface area contributed by atoms with Crippen molar-refractivity contribution >= 4 is 27.5 Å². The highest BCUT2D eigenvalue weighted by atomic mass is 32.2. The molecular weight excluding hydrogens is 314 g/mol. The predicted octanol–water partition coefficient (Wildman–Crippen LogP) is 2.55. The van der Waals surface area contributed by atoms with Gasteiger partial charge in [0, 0.05) is 18.2 Å². The third kappa shape index (κ3) is 3.72. The fourth-order valence-corrected chi connectivity index (χ4v) is 3.74. The van der Waals surface area contributed by atoms with Gasteiger partial charge in [0.15, 0.2) is 0 Å². The van der Waals surface area contributed by atoms with E-state index in [2.05, 4.69) is 16.6 Å². The Bertz CT molecular complexity index is 739. The Morgan fingerprint density at radius 3 is 2.65 bits per heavy atom. The van der Waals surface area contributed by atoms with Gasteiger partial charge in [-0.25, -0.2) is 0 Å². The summed E-state index contributed by atoms with van der Waals surface area (Å²) in [7, 11) is -3.77. The molecule has 0 bridgehead atoms. The number of hydrogen-bond donors (Lipinski definition) is 1. The summed E-state index contributed by atoms with van der Waals surface area (Å²) in [6.07, 6.45) is 1.93. The van der Waals surface area contributed by atoms with Crippen LogP contribution < -0.4 is 10.2 Å². The standard InChI is InChI=1S/C16H23N3O3S/c1-5-6-9-19-12(4)18-23(21,22)15-10-13(7-8-14(15)19)16(20)17-11(2)3/h7-8,10-11H,5-6,9H2,1-4H3,(H,17,20). The number of carbonyl (C=O) groups excluding carboxylic acids is 1. The van der Waals surface area contributed by atoms with Crippen molar-refractivity contribution < 1.29 is 13.2 Å². The van der Waals surface area contributed by atoms with Gasteiger partial charge in [0.05, 0.1) is 5.69 Å². The van der Waals surface area contributed by atoms with Gasteiger partial charge in [-0.2, -0.15) is 8.42 Å². The van der Waals surface area contributed by atoms with Crippen LogP contribution in [0.4, 0.5) is 5.69 Å². The van der Waals surface area contributed by atoms with Crippen molar-refractivity contribution in [3.63, 3.8) is 0 Å². The Hall–Kier alpha value is -1.89. The van der Waals surface area contributed by atoms with Gasteiger partial charge in [-0.3, -0.25) is 4.79 Å². The van der Waals surface area contributed by atoms with Crippen LogP contribution in [0.2, 0.25) is 0 Å². The Morgan fingerprint density at radius 1 is 1.35 bits per heavy atom. The summed E-state index contributed by atoms with van der Waals surface area (Å²) in [6.45, 7) is 8.18. The van der Waals surface area contributed by atoms with Gasteiger partial charge in [-0.1, -0.05) is 13.3 Å². The van der Waals surface area contributed by atoms with Gasteiger partial charge >= 0.3 is 0 Å². The van der Waals surface area contributed by atoms with Crippen LogP contribution in [0.25, 0.3) is 0 Å². The van der Waals surface area contributed by atoms with Gasteiger partial charge < -0.3 is 10.2 Å². The number of amides is 1. The van der Waals surface area contributed by atoms with Crippen molar-refractivity contribution in [3.8, 4) is 0 Å². The number of sulfonamides is 1. The first-order valence-corrected chi connectivity index (χ1v) is 9.24. The molecule has 0 unspecified atom stereocenters. The summed E-state index contributed by atoms with van der Waals surface area (Å²) in [5.41, 5.74) is 0.915.